The molecule has 1 aromatic rings. The summed E-state index contributed by atoms with van der Waals surface area (Å²) in [5.74, 6) is -1.83. The molecule has 1 amide bonds. The maximum atomic E-state index is 13.8. The molecule has 24 heavy (non-hydrogen) atoms. The quantitative estimate of drug-likeness (QED) is 0.831. The third-order valence-electron chi connectivity index (χ3n) is 3.78. The van der Waals surface area contributed by atoms with Crippen LogP contribution in [0, 0.1) is 17.0 Å². The van der Waals surface area contributed by atoms with Crippen LogP contribution in [0.5, 0.6) is 0 Å². The van der Waals surface area contributed by atoms with Gasteiger partial charge < -0.3 is 4.90 Å². The van der Waals surface area contributed by atoms with E-state index >= 15 is 0 Å². The molecule has 1 fully saturated rings. The molecule has 0 saturated carbocycles. The van der Waals surface area contributed by atoms with Crippen molar-refractivity contribution in [3.8, 4) is 0 Å². The Morgan fingerprint density at radius 3 is 2.25 bits per heavy atom. The number of hydrogen-bond donors (Lipinski definition) is 0. The third-order valence-corrected chi connectivity index (χ3v) is 5.70. The molecular formula is C16H22F2N2O3S. The first-order valence-electron chi connectivity index (χ1n) is 7.74. The molecule has 5 nitrogen and oxygen atoms in total. The van der Waals surface area contributed by atoms with Crippen LogP contribution in [0.1, 0.15) is 27.2 Å². The summed E-state index contributed by atoms with van der Waals surface area (Å²) in [7, 11) is -4.12. The fraction of sp³-hybridized carbons (Fsp3) is 0.562. The Morgan fingerprint density at radius 2 is 1.71 bits per heavy atom. The van der Waals surface area contributed by atoms with E-state index in [1.165, 1.54) is 0 Å². The second-order valence-corrected chi connectivity index (χ2v) is 9.00. The average molecular weight is 360 g/mol. The summed E-state index contributed by atoms with van der Waals surface area (Å²) >= 11 is 0. The van der Waals surface area contributed by atoms with Crippen LogP contribution in [0.4, 0.5) is 8.78 Å². The summed E-state index contributed by atoms with van der Waals surface area (Å²) < 4.78 is 53.1. The summed E-state index contributed by atoms with van der Waals surface area (Å²) in [4.78, 5) is 13.1. The van der Waals surface area contributed by atoms with Crippen molar-refractivity contribution in [1.82, 2.24) is 9.21 Å². The monoisotopic (exact) mass is 360 g/mol. The number of sulfonamides is 1. The first kappa shape index (κ1) is 18.8. The maximum Gasteiger partial charge on any atom is 0.246 e. The van der Waals surface area contributed by atoms with Crippen LogP contribution < -0.4 is 0 Å². The van der Waals surface area contributed by atoms with Crippen molar-refractivity contribution >= 4 is 15.9 Å². The Labute approximate surface area is 141 Å². The van der Waals surface area contributed by atoms with Crippen LogP contribution in [0.3, 0.4) is 0 Å². The zero-order valence-corrected chi connectivity index (χ0v) is 14.9. The van der Waals surface area contributed by atoms with Crippen molar-refractivity contribution in [3.05, 3.63) is 29.8 Å². The number of piperazine rings is 1. The van der Waals surface area contributed by atoms with E-state index in [-0.39, 0.29) is 37.5 Å². The summed E-state index contributed by atoms with van der Waals surface area (Å²) in [6.07, 6.45) is 0.373. The highest BCUT2D eigenvalue weighted by Gasteiger charge is 2.32. The lowest BCUT2D eigenvalue weighted by Gasteiger charge is -2.35. The van der Waals surface area contributed by atoms with E-state index in [9.17, 15) is 22.0 Å². The zero-order valence-electron chi connectivity index (χ0n) is 14.1. The molecule has 8 heteroatoms. The first-order valence-corrected chi connectivity index (χ1v) is 9.18. The lowest BCUT2D eigenvalue weighted by Crippen LogP contribution is -2.51. The van der Waals surface area contributed by atoms with Gasteiger partial charge in [-0.3, -0.25) is 4.79 Å². The number of nitrogens with zero attached hydrogens (tertiary/aromatic N) is 2. The molecule has 0 spiro atoms. The van der Waals surface area contributed by atoms with Crippen molar-refractivity contribution in [2.75, 3.05) is 26.2 Å². The van der Waals surface area contributed by atoms with Crippen molar-refractivity contribution in [2.45, 2.75) is 32.1 Å². The van der Waals surface area contributed by atoms with Crippen LogP contribution in [-0.2, 0) is 14.8 Å². The lowest BCUT2D eigenvalue weighted by molar-refractivity contribution is -0.134. The van der Waals surface area contributed by atoms with Gasteiger partial charge in [0.1, 0.15) is 16.5 Å². The molecular weight excluding hydrogens is 338 g/mol. The number of rotatable bonds is 3. The standard InChI is InChI=1S/C16H22F2N2O3S/c1-16(2,3)11-15(21)19-6-8-20(9-7-19)24(22,23)14-10-12(17)4-5-13(14)18/h4-5,10H,6-9,11H2,1-3H3. The van der Waals surface area contributed by atoms with Crippen LogP contribution in [-0.4, -0.2) is 49.7 Å². The highest BCUT2D eigenvalue weighted by Crippen LogP contribution is 2.23. The highest BCUT2D eigenvalue weighted by molar-refractivity contribution is 7.89. The molecule has 1 saturated heterocycles. The Hall–Kier alpha value is -1.54. The van der Waals surface area contributed by atoms with Crippen molar-refractivity contribution in [3.63, 3.8) is 0 Å². The first-order chi connectivity index (χ1) is 11.0. The third kappa shape index (κ3) is 4.30. The molecule has 0 N–H and O–H groups in total. The molecule has 134 valence electrons. The second kappa shape index (κ2) is 6.76. The summed E-state index contributed by atoms with van der Waals surface area (Å²) in [5.41, 5.74) is -0.148. The van der Waals surface area contributed by atoms with Gasteiger partial charge in [-0.25, -0.2) is 17.2 Å². The molecule has 0 aromatic heterocycles. The predicted octanol–water partition coefficient (Wildman–Crippen LogP) is 2.23. The van der Waals surface area contributed by atoms with Crippen molar-refractivity contribution < 1.29 is 22.0 Å². The molecule has 1 aromatic carbocycles. The largest absolute Gasteiger partial charge is 0.340 e. The molecule has 0 radical (unpaired) electrons. The van der Waals surface area contributed by atoms with E-state index in [0.29, 0.717) is 12.5 Å². The van der Waals surface area contributed by atoms with Crippen LogP contribution in [0.25, 0.3) is 0 Å². The molecule has 1 heterocycles. The minimum absolute atomic E-state index is 0.0310. The number of hydrogen-bond acceptors (Lipinski definition) is 3. The van der Waals surface area contributed by atoms with E-state index in [1.54, 1.807) is 4.90 Å². The fourth-order valence-electron chi connectivity index (χ4n) is 2.56. The highest BCUT2D eigenvalue weighted by atomic mass is 32.2. The Bertz CT molecular complexity index is 721. The van der Waals surface area contributed by atoms with Gasteiger partial charge >= 0.3 is 0 Å². The molecule has 0 unspecified atom stereocenters. The minimum Gasteiger partial charge on any atom is -0.340 e. The molecule has 0 bridgehead atoms. The average Bonchev–Trinajstić information content (AvgIpc) is 2.48. The van der Waals surface area contributed by atoms with Crippen LogP contribution in [0.15, 0.2) is 23.1 Å². The van der Waals surface area contributed by atoms with Gasteiger partial charge in [0, 0.05) is 32.6 Å². The van der Waals surface area contributed by atoms with Crippen LogP contribution >= 0.6 is 0 Å². The second-order valence-electron chi connectivity index (χ2n) is 7.10. The van der Waals surface area contributed by atoms with E-state index < -0.39 is 26.6 Å². The summed E-state index contributed by atoms with van der Waals surface area (Å²) in [6, 6.07) is 2.35. The topological polar surface area (TPSA) is 57.7 Å². The Balaban J connectivity index is 2.09. The van der Waals surface area contributed by atoms with Gasteiger partial charge in [-0.1, -0.05) is 20.8 Å². The Morgan fingerprint density at radius 1 is 1.12 bits per heavy atom. The van der Waals surface area contributed by atoms with E-state index in [4.69, 9.17) is 0 Å². The number of benzene rings is 1. The molecule has 0 aliphatic carbocycles. The molecule has 2 rings (SSSR count). The SMILES string of the molecule is CC(C)(C)CC(=O)N1CCN(S(=O)(=O)c2cc(F)ccc2F)CC1. The zero-order chi connectivity index (χ0) is 18.1. The van der Waals surface area contributed by atoms with Crippen LogP contribution in [0.2, 0.25) is 0 Å². The number of amides is 1. The Kier molecular flexibility index (Phi) is 5.29. The molecule has 0 atom stereocenters. The summed E-state index contributed by atoms with van der Waals surface area (Å²) in [6.45, 7) is 6.48. The van der Waals surface area contributed by atoms with Crippen molar-refractivity contribution in [1.29, 1.82) is 0 Å². The number of carbonyl (C=O) groups excluding carboxylic acids is 1. The van der Waals surface area contributed by atoms with Gasteiger partial charge in [0.15, 0.2) is 0 Å². The van der Waals surface area contributed by atoms with Gasteiger partial charge in [0.05, 0.1) is 0 Å². The van der Waals surface area contributed by atoms with Gasteiger partial charge in [0.2, 0.25) is 15.9 Å². The molecule has 1 aliphatic rings. The predicted molar refractivity (Wildman–Crippen MR) is 85.8 cm³/mol. The van der Waals surface area contributed by atoms with E-state index in [0.717, 1.165) is 16.4 Å². The normalized spacial score (nSPS) is 17.1. The number of carbonyl (C=O) groups is 1. The van der Waals surface area contributed by atoms with E-state index in [1.807, 2.05) is 20.8 Å². The number of halogens is 2. The summed E-state index contributed by atoms with van der Waals surface area (Å²) in [5, 5.41) is 0. The lowest BCUT2D eigenvalue weighted by atomic mass is 9.91. The maximum absolute atomic E-state index is 13.8. The van der Waals surface area contributed by atoms with Gasteiger partial charge in [-0.05, 0) is 23.6 Å². The molecule has 1 aliphatic heterocycles. The van der Waals surface area contributed by atoms with Gasteiger partial charge in [0.25, 0.3) is 0 Å². The van der Waals surface area contributed by atoms with Crippen molar-refractivity contribution in [2.24, 2.45) is 5.41 Å². The smallest absolute Gasteiger partial charge is 0.246 e. The minimum atomic E-state index is -4.12. The van der Waals surface area contributed by atoms with E-state index in [2.05, 4.69) is 0 Å². The fourth-order valence-corrected chi connectivity index (χ4v) is 4.06. The van der Waals surface area contributed by atoms with Gasteiger partial charge in [-0.15, -0.1) is 0 Å². The van der Waals surface area contributed by atoms with Gasteiger partial charge in [-0.2, -0.15) is 4.31 Å².